The van der Waals surface area contributed by atoms with Crippen molar-refractivity contribution in [1.82, 2.24) is 0 Å². The van der Waals surface area contributed by atoms with Crippen molar-refractivity contribution in [2.24, 2.45) is 0 Å². The summed E-state index contributed by atoms with van der Waals surface area (Å²) in [7, 11) is 1.23. The first-order valence-corrected chi connectivity index (χ1v) is 3.85. The number of rotatable bonds is 3. The number of hydrogen-bond donors (Lipinski definition) is 0. The number of nitrogens with zero attached hydrogens (tertiary/aromatic N) is 2. The molecule has 0 heterocycles. The fourth-order valence-electron chi connectivity index (χ4n) is 1.13. The van der Waals surface area contributed by atoms with E-state index in [1.54, 1.807) is 6.07 Å². The molecule has 0 saturated heterocycles. The van der Waals surface area contributed by atoms with E-state index in [0.717, 1.165) is 6.07 Å². The van der Waals surface area contributed by atoms with Crippen molar-refractivity contribution in [3.05, 3.63) is 33.4 Å². The van der Waals surface area contributed by atoms with Crippen LogP contribution in [0.1, 0.15) is 15.9 Å². The van der Waals surface area contributed by atoms with Gasteiger partial charge in [0, 0.05) is 5.56 Å². The van der Waals surface area contributed by atoms with Gasteiger partial charge in [-0.2, -0.15) is 5.26 Å². The molecule has 0 aliphatic heterocycles. The van der Waals surface area contributed by atoms with Crippen molar-refractivity contribution in [1.29, 1.82) is 5.26 Å². The van der Waals surface area contributed by atoms with Gasteiger partial charge in [0.2, 0.25) is 0 Å². The molecular weight excluding hydrogens is 200 g/mol. The van der Waals surface area contributed by atoms with Gasteiger partial charge in [-0.1, -0.05) is 0 Å². The van der Waals surface area contributed by atoms with E-state index in [1.165, 1.54) is 13.2 Å². The lowest BCUT2D eigenvalue weighted by atomic mass is 10.1. The summed E-state index contributed by atoms with van der Waals surface area (Å²) in [6, 6.07) is 4.01. The predicted octanol–water partition coefficient (Wildman–Crippen LogP) is 1.29. The summed E-state index contributed by atoms with van der Waals surface area (Å²) in [4.78, 5) is 20.4. The number of aldehydes is 1. The third kappa shape index (κ3) is 1.91. The maximum Gasteiger partial charge on any atom is 0.328 e. The van der Waals surface area contributed by atoms with Crippen LogP contribution in [0.5, 0.6) is 5.75 Å². The van der Waals surface area contributed by atoms with Gasteiger partial charge < -0.3 is 4.74 Å². The van der Waals surface area contributed by atoms with Crippen LogP contribution in [-0.4, -0.2) is 18.3 Å². The largest absolute Gasteiger partial charge is 0.490 e. The van der Waals surface area contributed by atoms with Crippen LogP contribution in [0.4, 0.5) is 5.69 Å². The zero-order chi connectivity index (χ0) is 11.4. The molecule has 0 saturated carbocycles. The fourth-order valence-corrected chi connectivity index (χ4v) is 1.13. The number of ether oxygens (including phenoxy) is 1. The molecule has 6 heteroatoms. The highest BCUT2D eigenvalue weighted by Crippen LogP contribution is 2.31. The number of carbonyl (C=O) groups is 1. The average Bonchev–Trinajstić information content (AvgIpc) is 2.26. The van der Waals surface area contributed by atoms with E-state index in [2.05, 4.69) is 0 Å². The Kier molecular flexibility index (Phi) is 2.98. The minimum Gasteiger partial charge on any atom is -0.490 e. The molecule has 1 aromatic carbocycles. The standard InChI is InChI=1S/C9H6N2O4/c1-15-8-3-6(5-12)2-7(4-10)9(8)11(13)14/h2-3,5H,1H3. The second kappa shape index (κ2) is 4.19. The van der Waals surface area contributed by atoms with Crippen LogP contribution >= 0.6 is 0 Å². The molecule has 0 radical (unpaired) electrons. The molecule has 0 amide bonds. The monoisotopic (exact) mass is 206 g/mol. The summed E-state index contributed by atoms with van der Waals surface area (Å²) in [6.07, 6.45) is 0.493. The molecule has 0 aliphatic rings. The molecule has 1 aromatic rings. The molecule has 0 fully saturated rings. The average molecular weight is 206 g/mol. The molecular formula is C9H6N2O4. The Morgan fingerprint density at radius 2 is 2.27 bits per heavy atom. The number of nitro benzene ring substituents is 1. The summed E-state index contributed by atoms with van der Waals surface area (Å²) >= 11 is 0. The van der Waals surface area contributed by atoms with Crippen molar-refractivity contribution >= 4 is 12.0 Å². The van der Waals surface area contributed by atoms with E-state index in [-0.39, 0.29) is 16.9 Å². The molecule has 0 N–H and O–H groups in total. The topological polar surface area (TPSA) is 93.2 Å². The molecule has 6 nitrogen and oxygen atoms in total. The molecule has 0 aromatic heterocycles. The molecule has 15 heavy (non-hydrogen) atoms. The van der Waals surface area contributed by atoms with Gasteiger partial charge in [0.25, 0.3) is 0 Å². The zero-order valence-corrected chi connectivity index (χ0v) is 7.76. The highest BCUT2D eigenvalue weighted by molar-refractivity contribution is 5.79. The third-order valence-electron chi connectivity index (χ3n) is 1.76. The highest BCUT2D eigenvalue weighted by atomic mass is 16.6. The zero-order valence-electron chi connectivity index (χ0n) is 7.76. The van der Waals surface area contributed by atoms with Crippen molar-refractivity contribution in [2.75, 3.05) is 7.11 Å². The Bertz CT molecular complexity index is 462. The van der Waals surface area contributed by atoms with Gasteiger partial charge in [0.1, 0.15) is 17.9 Å². The Hall–Kier alpha value is -2.42. The van der Waals surface area contributed by atoms with E-state index in [4.69, 9.17) is 10.00 Å². The smallest absolute Gasteiger partial charge is 0.328 e. The van der Waals surface area contributed by atoms with Gasteiger partial charge in [-0.3, -0.25) is 14.9 Å². The van der Waals surface area contributed by atoms with Gasteiger partial charge in [-0.05, 0) is 12.1 Å². The van der Waals surface area contributed by atoms with Gasteiger partial charge in [0.15, 0.2) is 5.75 Å². The lowest BCUT2D eigenvalue weighted by Crippen LogP contribution is -1.98. The molecule has 0 aliphatic carbocycles. The maximum atomic E-state index is 10.6. The minimum absolute atomic E-state index is 0.0962. The Balaban J connectivity index is 3.55. The van der Waals surface area contributed by atoms with Crippen molar-refractivity contribution in [3.63, 3.8) is 0 Å². The number of methoxy groups -OCH3 is 1. The molecule has 0 bridgehead atoms. The van der Waals surface area contributed by atoms with Crippen LogP contribution < -0.4 is 4.74 Å². The van der Waals surface area contributed by atoms with E-state index in [1.807, 2.05) is 0 Å². The van der Waals surface area contributed by atoms with Crippen molar-refractivity contribution in [3.8, 4) is 11.8 Å². The molecule has 1 rings (SSSR count). The van der Waals surface area contributed by atoms with Crippen LogP contribution in [0.25, 0.3) is 0 Å². The van der Waals surface area contributed by atoms with Crippen LogP contribution in [0.2, 0.25) is 0 Å². The number of hydrogen-bond acceptors (Lipinski definition) is 5. The van der Waals surface area contributed by atoms with Crippen LogP contribution in [-0.2, 0) is 0 Å². The van der Waals surface area contributed by atoms with Gasteiger partial charge >= 0.3 is 5.69 Å². The van der Waals surface area contributed by atoms with E-state index >= 15 is 0 Å². The summed E-state index contributed by atoms with van der Waals surface area (Å²) < 4.78 is 4.74. The normalized spacial score (nSPS) is 9.07. The number of benzene rings is 1. The Labute approximate surface area is 84.8 Å². The third-order valence-corrected chi connectivity index (χ3v) is 1.76. The summed E-state index contributed by atoms with van der Waals surface area (Å²) in [6.45, 7) is 0. The lowest BCUT2D eigenvalue weighted by molar-refractivity contribution is -0.386. The molecule has 0 atom stereocenters. The first kappa shape index (κ1) is 10.7. The number of carbonyl (C=O) groups excluding carboxylic acids is 1. The molecule has 0 unspecified atom stereocenters. The van der Waals surface area contributed by atoms with E-state index in [0.29, 0.717) is 6.29 Å². The quantitative estimate of drug-likeness (QED) is 0.422. The van der Waals surface area contributed by atoms with Crippen LogP contribution in [0.15, 0.2) is 12.1 Å². The summed E-state index contributed by atoms with van der Waals surface area (Å²) in [5.41, 5.74) is -0.457. The Morgan fingerprint density at radius 3 is 2.67 bits per heavy atom. The molecule has 76 valence electrons. The van der Waals surface area contributed by atoms with Crippen LogP contribution in [0, 0.1) is 21.4 Å². The van der Waals surface area contributed by atoms with Crippen LogP contribution in [0.3, 0.4) is 0 Å². The summed E-state index contributed by atoms with van der Waals surface area (Å²) in [5.74, 6) is -0.0962. The van der Waals surface area contributed by atoms with Crippen molar-refractivity contribution in [2.45, 2.75) is 0 Å². The minimum atomic E-state index is -0.716. The predicted molar refractivity (Wildman–Crippen MR) is 49.8 cm³/mol. The van der Waals surface area contributed by atoms with Gasteiger partial charge in [-0.25, -0.2) is 0 Å². The summed E-state index contributed by atoms with van der Waals surface area (Å²) in [5, 5.41) is 19.3. The van der Waals surface area contributed by atoms with E-state index in [9.17, 15) is 14.9 Å². The van der Waals surface area contributed by atoms with Gasteiger partial charge in [0.05, 0.1) is 12.0 Å². The van der Waals surface area contributed by atoms with Gasteiger partial charge in [-0.15, -0.1) is 0 Å². The first-order valence-electron chi connectivity index (χ1n) is 3.85. The Morgan fingerprint density at radius 1 is 1.60 bits per heavy atom. The second-order valence-corrected chi connectivity index (χ2v) is 2.61. The number of nitro groups is 1. The maximum absolute atomic E-state index is 10.6. The fraction of sp³-hybridized carbons (Fsp3) is 0.111. The van der Waals surface area contributed by atoms with Crippen molar-refractivity contribution < 1.29 is 14.5 Å². The highest BCUT2D eigenvalue weighted by Gasteiger charge is 2.21. The second-order valence-electron chi connectivity index (χ2n) is 2.61. The van der Waals surface area contributed by atoms with E-state index < -0.39 is 10.6 Å². The SMILES string of the molecule is COc1cc(C=O)cc(C#N)c1[N+](=O)[O-]. The number of nitriles is 1. The first-order chi connectivity index (χ1) is 7.13. The molecule has 0 spiro atoms. The lowest BCUT2D eigenvalue weighted by Gasteiger charge is -2.03.